The zero-order chi connectivity index (χ0) is 11.5. The molecule has 0 rings (SSSR count). The van der Waals surface area contributed by atoms with Gasteiger partial charge in [-0.2, -0.15) is 0 Å². The predicted octanol–water partition coefficient (Wildman–Crippen LogP) is 3.06. The van der Waals surface area contributed by atoms with Crippen molar-refractivity contribution in [1.29, 1.82) is 0 Å². The maximum Gasteiger partial charge on any atom is 0.120 e. The normalized spacial score (nSPS) is 12.7. The lowest BCUT2D eigenvalue weighted by Gasteiger charge is -1.99. The van der Waals surface area contributed by atoms with Crippen LogP contribution in [0.3, 0.4) is 0 Å². The highest BCUT2D eigenvalue weighted by Gasteiger charge is 1.92. The number of aldehydes is 1. The fourth-order valence-electron chi connectivity index (χ4n) is 1.17. The van der Waals surface area contributed by atoms with Crippen molar-refractivity contribution in [1.82, 2.24) is 0 Å². The molecule has 2 heteroatoms. The molecule has 0 N–H and O–H groups in total. The molecule has 0 atom stereocenters. The minimum atomic E-state index is 0.617. The molecule has 0 aromatic heterocycles. The van der Waals surface area contributed by atoms with Crippen LogP contribution in [-0.4, -0.2) is 20.0 Å². The second-order valence-electron chi connectivity index (χ2n) is 3.45. The molecule has 0 aromatic carbocycles. The summed E-state index contributed by atoms with van der Waals surface area (Å²) in [5.41, 5.74) is 2.33. The summed E-state index contributed by atoms with van der Waals surface area (Å²) < 4.78 is 5.00. The number of methoxy groups -OCH3 is 1. The average Bonchev–Trinajstić information content (AvgIpc) is 2.23. The van der Waals surface area contributed by atoms with Gasteiger partial charge in [0.2, 0.25) is 0 Å². The fraction of sp³-hybridized carbons (Fsp3) is 0.462. The lowest BCUT2D eigenvalue weighted by molar-refractivity contribution is -0.107. The molecule has 0 bridgehead atoms. The molecule has 0 aliphatic rings. The van der Waals surface area contributed by atoms with Gasteiger partial charge in [-0.1, -0.05) is 24.8 Å². The second-order valence-corrected chi connectivity index (χ2v) is 3.45. The molecule has 0 heterocycles. The van der Waals surface area contributed by atoms with Crippen molar-refractivity contribution in [2.24, 2.45) is 0 Å². The Balaban J connectivity index is 4.14. The van der Waals surface area contributed by atoms with E-state index in [9.17, 15) is 4.79 Å². The van der Waals surface area contributed by atoms with Crippen LogP contribution in [0.15, 0.2) is 36.0 Å². The summed E-state index contributed by atoms with van der Waals surface area (Å²) in [6.45, 7) is 6.41. The van der Waals surface area contributed by atoms with Gasteiger partial charge in [-0.25, -0.2) is 0 Å². The molecule has 0 aliphatic heterocycles. The van der Waals surface area contributed by atoms with Crippen LogP contribution in [0, 0.1) is 0 Å². The Morgan fingerprint density at radius 3 is 2.67 bits per heavy atom. The van der Waals surface area contributed by atoms with Crippen molar-refractivity contribution < 1.29 is 9.53 Å². The molecule has 0 aliphatic carbocycles. The Bertz CT molecular complexity index is 249. The molecule has 0 amide bonds. The highest BCUT2D eigenvalue weighted by molar-refractivity contribution is 5.49. The molecule has 84 valence electrons. The SMILES string of the molecule is C=C/C(=C\C=C(\C)COC)CCCC=O. The molecule has 0 aromatic rings. The van der Waals surface area contributed by atoms with E-state index in [0.717, 1.165) is 24.7 Å². The molecule has 0 fully saturated rings. The number of ether oxygens (including phenoxy) is 1. The number of unbranched alkanes of at least 4 members (excludes halogenated alkanes) is 1. The summed E-state index contributed by atoms with van der Waals surface area (Å²) in [6, 6.07) is 0. The van der Waals surface area contributed by atoms with E-state index < -0.39 is 0 Å². The van der Waals surface area contributed by atoms with Gasteiger partial charge in [0.1, 0.15) is 6.29 Å². The zero-order valence-corrected chi connectivity index (χ0v) is 9.66. The van der Waals surface area contributed by atoms with Crippen LogP contribution in [-0.2, 0) is 9.53 Å². The van der Waals surface area contributed by atoms with Gasteiger partial charge in [-0.3, -0.25) is 0 Å². The summed E-state index contributed by atoms with van der Waals surface area (Å²) in [7, 11) is 1.68. The molecular formula is C13H20O2. The first-order valence-electron chi connectivity index (χ1n) is 5.16. The largest absolute Gasteiger partial charge is 0.380 e. The highest BCUT2D eigenvalue weighted by atomic mass is 16.5. The maximum absolute atomic E-state index is 10.2. The van der Waals surface area contributed by atoms with Crippen LogP contribution >= 0.6 is 0 Å². The molecular weight excluding hydrogens is 188 g/mol. The lowest BCUT2D eigenvalue weighted by atomic mass is 10.1. The summed E-state index contributed by atoms with van der Waals surface area (Å²) in [5.74, 6) is 0. The Morgan fingerprint density at radius 2 is 2.13 bits per heavy atom. The van der Waals surface area contributed by atoms with Gasteiger partial charge in [0.15, 0.2) is 0 Å². The third kappa shape index (κ3) is 7.89. The van der Waals surface area contributed by atoms with E-state index in [1.54, 1.807) is 7.11 Å². The van der Waals surface area contributed by atoms with Crippen LogP contribution in [0.1, 0.15) is 26.2 Å². The van der Waals surface area contributed by atoms with E-state index in [-0.39, 0.29) is 0 Å². The Morgan fingerprint density at radius 1 is 1.40 bits per heavy atom. The molecule has 2 nitrogen and oxygen atoms in total. The van der Waals surface area contributed by atoms with E-state index in [0.29, 0.717) is 13.0 Å². The van der Waals surface area contributed by atoms with Gasteiger partial charge in [0, 0.05) is 13.5 Å². The van der Waals surface area contributed by atoms with Gasteiger partial charge >= 0.3 is 0 Å². The van der Waals surface area contributed by atoms with Crippen molar-refractivity contribution in [2.45, 2.75) is 26.2 Å². The van der Waals surface area contributed by atoms with Crippen LogP contribution in [0.5, 0.6) is 0 Å². The van der Waals surface area contributed by atoms with Crippen molar-refractivity contribution in [3.05, 3.63) is 36.0 Å². The fourth-order valence-corrected chi connectivity index (χ4v) is 1.17. The number of rotatable bonds is 8. The van der Waals surface area contributed by atoms with Crippen LogP contribution in [0.4, 0.5) is 0 Å². The first-order chi connectivity index (χ1) is 7.24. The van der Waals surface area contributed by atoms with Gasteiger partial charge in [0.05, 0.1) is 6.61 Å². The van der Waals surface area contributed by atoms with Crippen LogP contribution < -0.4 is 0 Å². The molecule has 15 heavy (non-hydrogen) atoms. The van der Waals surface area contributed by atoms with E-state index >= 15 is 0 Å². The Kier molecular flexibility index (Phi) is 8.69. The zero-order valence-electron chi connectivity index (χ0n) is 9.66. The van der Waals surface area contributed by atoms with Gasteiger partial charge < -0.3 is 9.53 Å². The number of hydrogen-bond donors (Lipinski definition) is 0. The van der Waals surface area contributed by atoms with E-state index in [1.165, 1.54) is 5.57 Å². The van der Waals surface area contributed by atoms with Crippen LogP contribution in [0.25, 0.3) is 0 Å². The minimum absolute atomic E-state index is 0.617. The smallest absolute Gasteiger partial charge is 0.120 e. The van der Waals surface area contributed by atoms with E-state index in [1.807, 2.05) is 25.2 Å². The minimum Gasteiger partial charge on any atom is -0.380 e. The van der Waals surface area contributed by atoms with Crippen molar-refractivity contribution >= 4 is 6.29 Å². The monoisotopic (exact) mass is 208 g/mol. The summed E-state index contributed by atoms with van der Waals surface area (Å²) in [5, 5.41) is 0. The predicted molar refractivity (Wildman–Crippen MR) is 63.8 cm³/mol. The molecule has 0 radical (unpaired) electrons. The molecule has 0 saturated carbocycles. The third-order valence-corrected chi connectivity index (χ3v) is 2.00. The quantitative estimate of drug-likeness (QED) is 0.348. The number of carbonyl (C=O) groups is 1. The number of hydrogen-bond acceptors (Lipinski definition) is 2. The first kappa shape index (κ1) is 13.8. The average molecular weight is 208 g/mol. The van der Waals surface area contributed by atoms with Gasteiger partial charge in [-0.05, 0) is 30.9 Å². The number of allylic oxidation sites excluding steroid dienone is 4. The second kappa shape index (κ2) is 9.41. The summed E-state index contributed by atoms with van der Waals surface area (Å²) >= 11 is 0. The lowest BCUT2D eigenvalue weighted by Crippen LogP contribution is -1.89. The van der Waals surface area contributed by atoms with E-state index in [2.05, 4.69) is 6.58 Å². The maximum atomic E-state index is 10.2. The third-order valence-electron chi connectivity index (χ3n) is 2.00. The molecule has 0 unspecified atom stereocenters. The Labute approximate surface area is 92.3 Å². The van der Waals surface area contributed by atoms with E-state index in [4.69, 9.17) is 4.74 Å². The summed E-state index contributed by atoms with van der Waals surface area (Å²) in [6.07, 6.45) is 9.26. The number of carbonyl (C=O) groups excluding carboxylic acids is 1. The van der Waals surface area contributed by atoms with Gasteiger partial charge in [0.25, 0.3) is 0 Å². The van der Waals surface area contributed by atoms with Crippen molar-refractivity contribution in [3.63, 3.8) is 0 Å². The molecule has 0 saturated heterocycles. The summed E-state index contributed by atoms with van der Waals surface area (Å²) in [4.78, 5) is 10.2. The first-order valence-corrected chi connectivity index (χ1v) is 5.16. The topological polar surface area (TPSA) is 26.3 Å². The van der Waals surface area contributed by atoms with Crippen molar-refractivity contribution in [2.75, 3.05) is 13.7 Å². The standard InChI is InChI=1S/C13H20O2/c1-4-13(7-5-6-10-14)9-8-12(2)11-15-3/h4,8-10H,1,5-7,11H2,2-3H3/b12-8-,13-9+. The van der Waals surface area contributed by atoms with Crippen molar-refractivity contribution in [3.8, 4) is 0 Å². The van der Waals surface area contributed by atoms with Crippen LogP contribution in [0.2, 0.25) is 0 Å². The van der Waals surface area contributed by atoms with Gasteiger partial charge in [-0.15, -0.1) is 0 Å². The highest BCUT2D eigenvalue weighted by Crippen LogP contribution is 2.08. The molecule has 0 spiro atoms. The Hall–Kier alpha value is -1.15.